The van der Waals surface area contributed by atoms with Gasteiger partial charge in [0.15, 0.2) is 0 Å². The normalized spacial score (nSPS) is 31.9. The maximum Gasteiger partial charge on any atom is 0.329 e. The van der Waals surface area contributed by atoms with Crippen LogP contribution in [-0.4, -0.2) is 72.5 Å². The average molecular weight is 493 g/mol. The topological polar surface area (TPSA) is 82.2 Å². The van der Waals surface area contributed by atoms with Crippen LogP contribution in [0.2, 0.25) is 0 Å². The first-order valence-corrected chi connectivity index (χ1v) is 13.6. The Kier molecular flexibility index (Phi) is 6.23. The Bertz CT molecular complexity index is 1070. The zero-order valence-corrected chi connectivity index (χ0v) is 21.0. The summed E-state index contributed by atoms with van der Waals surface area (Å²) in [5.41, 5.74) is 1.97. The average Bonchev–Trinajstić information content (AvgIpc) is 3.19. The summed E-state index contributed by atoms with van der Waals surface area (Å²) in [4.78, 5) is 45.1. The number of methoxy groups -OCH3 is 1. The molecule has 0 spiro atoms. The molecule has 5 atom stereocenters. The van der Waals surface area contributed by atoms with Gasteiger partial charge in [0.05, 0.1) is 18.8 Å². The number of nitrogens with zero attached hydrogens (tertiary/aromatic N) is 3. The van der Waals surface area contributed by atoms with Crippen LogP contribution in [-0.2, 0) is 9.59 Å². The van der Waals surface area contributed by atoms with Gasteiger partial charge in [-0.2, -0.15) is 0 Å². The minimum absolute atomic E-state index is 0.106. The van der Waals surface area contributed by atoms with E-state index in [0.29, 0.717) is 35.7 Å². The Morgan fingerprint density at radius 1 is 1.11 bits per heavy atom. The lowest BCUT2D eigenvalue weighted by Crippen LogP contribution is -2.60. The smallest absolute Gasteiger partial charge is 0.329 e. The Hall–Kier alpha value is -2.87. The fourth-order valence-corrected chi connectivity index (χ4v) is 7.37. The number of carbonyl (C=O) groups is 3. The van der Waals surface area contributed by atoms with Crippen LogP contribution >= 0.6 is 0 Å². The second-order valence-electron chi connectivity index (χ2n) is 11.0. The van der Waals surface area contributed by atoms with E-state index < -0.39 is 12.1 Å². The van der Waals surface area contributed by atoms with Crippen molar-refractivity contribution in [2.24, 2.45) is 11.8 Å². The summed E-state index contributed by atoms with van der Waals surface area (Å²) in [6, 6.07) is 6.61. The van der Waals surface area contributed by atoms with Gasteiger partial charge in [-0.15, -0.1) is 0 Å². The molecule has 8 heteroatoms. The van der Waals surface area contributed by atoms with E-state index in [9.17, 15) is 14.4 Å². The van der Waals surface area contributed by atoms with Gasteiger partial charge in [0.25, 0.3) is 5.91 Å². The number of rotatable bonds is 5. The molecule has 0 aromatic heterocycles. The van der Waals surface area contributed by atoms with Gasteiger partial charge >= 0.3 is 6.03 Å². The summed E-state index contributed by atoms with van der Waals surface area (Å²) >= 11 is 0. The van der Waals surface area contributed by atoms with Crippen molar-refractivity contribution in [2.75, 3.05) is 31.6 Å². The molecule has 4 fully saturated rings. The summed E-state index contributed by atoms with van der Waals surface area (Å²) in [6.07, 6.45) is 10.3. The second-order valence-corrected chi connectivity index (χ2v) is 11.0. The molecule has 0 saturated carbocycles. The summed E-state index contributed by atoms with van der Waals surface area (Å²) < 4.78 is 5.17. The summed E-state index contributed by atoms with van der Waals surface area (Å²) in [5, 5.41) is 2.78. The van der Waals surface area contributed by atoms with Gasteiger partial charge in [-0.25, -0.2) is 9.69 Å². The molecule has 2 bridgehead atoms. The van der Waals surface area contributed by atoms with Crippen LogP contribution in [0.4, 0.5) is 10.5 Å². The third kappa shape index (κ3) is 4.09. The van der Waals surface area contributed by atoms with Crippen molar-refractivity contribution in [3.05, 3.63) is 35.9 Å². The lowest BCUT2D eigenvalue weighted by Gasteiger charge is -2.54. The lowest BCUT2D eigenvalue weighted by atomic mass is 9.68. The molecule has 1 N–H and O–H groups in total. The number of likely N-dealkylation sites (tertiary alicyclic amines) is 1. The number of fused-ring (bicyclic) bond motifs is 6. The molecular weight excluding hydrogens is 456 g/mol. The van der Waals surface area contributed by atoms with Crippen LogP contribution in [0.3, 0.4) is 0 Å². The maximum atomic E-state index is 13.5. The van der Waals surface area contributed by atoms with E-state index in [1.807, 2.05) is 0 Å². The van der Waals surface area contributed by atoms with Crippen LogP contribution in [0.5, 0.6) is 5.75 Å². The van der Waals surface area contributed by atoms with Crippen molar-refractivity contribution < 1.29 is 19.1 Å². The molecule has 4 aliphatic heterocycles. The van der Waals surface area contributed by atoms with Crippen molar-refractivity contribution in [3.8, 4) is 5.75 Å². The lowest BCUT2D eigenvalue weighted by molar-refractivity contribution is -0.136. The monoisotopic (exact) mass is 492 g/mol. The second kappa shape index (κ2) is 9.54. The van der Waals surface area contributed by atoms with Crippen LogP contribution < -0.4 is 15.0 Å². The molecular formula is C28H36N4O4. The Morgan fingerprint density at radius 2 is 1.94 bits per heavy atom. The van der Waals surface area contributed by atoms with E-state index in [2.05, 4.69) is 21.2 Å². The van der Waals surface area contributed by atoms with Crippen LogP contribution in [0.25, 0.3) is 0 Å². The van der Waals surface area contributed by atoms with E-state index in [4.69, 9.17) is 4.74 Å². The Morgan fingerprint density at radius 3 is 2.75 bits per heavy atom. The predicted molar refractivity (Wildman–Crippen MR) is 136 cm³/mol. The zero-order valence-electron chi connectivity index (χ0n) is 21.0. The van der Waals surface area contributed by atoms with Gasteiger partial charge in [-0.1, -0.05) is 18.1 Å². The summed E-state index contributed by atoms with van der Waals surface area (Å²) in [7, 11) is 1.57. The fourth-order valence-electron chi connectivity index (χ4n) is 7.37. The minimum Gasteiger partial charge on any atom is -0.497 e. The highest BCUT2D eigenvalue weighted by Gasteiger charge is 2.47. The zero-order chi connectivity index (χ0) is 24.8. The third-order valence-electron chi connectivity index (χ3n) is 8.97. The van der Waals surface area contributed by atoms with Gasteiger partial charge in [0.2, 0.25) is 5.91 Å². The first-order chi connectivity index (χ1) is 17.5. The number of ether oxygens (including phenoxy) is 1. The molecule has 192 valence electrons. The number of hydrogen-bond donors (Lipinski definition) is 1. The number of anilines is 1. The first kappa shape index (κ1) is 23.5. The number of benzene rings is 1. The quantitative estimate of drug-likeness (QED) is 0.504. The van der Waals surface area contributed by atoms with Crippen molar-refractivity contribution in [1.29, 1.82) is 0 Å². The highest BCUT2D eigenvalue weighted by Crippen LogP contribution is 2.45. The summed E-state index contributed by atoms with van der Waals surface area (Å²) in [6.45, 7) is 3.07. The van der Waals surface area contributed by atoms with Crippen molar-refractivity contribution in [2.45, 2.75) is 69.5 Å². The molecule has 4 saturated heterocycles. The van der Waals surface area contributed by atoms with Crippen LogP contribution in [0.15, 0.2) is 35.9 Å². The summed E-state index contributed by atoms with van der Waals surface area (Å²) in [5.74, 6) is 1.61. The Labute approximate surface area is 212 Å². The maximum absolute atomic E-state index is 13.5. The Balaban J connectivity index is 1.12. The number of piperidine rings is 3. The third-order valence-corrected chi connectivity index (χ3v) is 8.97. The van der Waals surface area contributed by atoms with Gasteiger partial charge < -0.3 is 15.0 Å². The minimum atomic E-state index is -0.678. The standard InChI is InChI=1S/C28H36N4O4/c1-36-22-9-7-21(8-10-22)32-27(34)23(29-28(32)35)11-12-25(33)31-14-4-5-18-15-19-16-20(26(18)31)17-30-13-3-2-6-24(19)30/h7-10,15,19-20,23-24,26H,2-6,11-14,16-17H2,1H3,(H,29,35)/t19-,20-,23+,24+,26+/m0/s1. The molecule has 36 heavy (non-hydrogen) atoms. The van der Waals surface area contributed by atoms with E-state index in [-0.39, 0.29) is 24.3 Å². The number of nitrogens with one attached hydrogen (secondary N) is 1. The van der Waals surface area contributed by atoms with Gasteiger partial charge in [-0.05, 0) is 81.2 Å². The number of urea groups is 1. The van der Waals surface area contributed by atoms with Gasteiger partial charge in [0.1, 0.15) is 11.8 Å². The number of imide groups is 1. The van der Waals surface area contributed by atoms with Crippen molar-refractivity contribution in [3.63, 3.8) is 0 Å². The van der Waals surface area contributed by atoms with Gasteiger partial charge in [0, 0.05) is 25.6 Å². The SMILES string of the molecule is COc1ccc(N2C(=O)N[C@H](CCC(=O)N3CCCC4=C[C@H]5C[C@@H](CN6CCCC[C@H]56)[C@@H]43)C2=O)cc1. The van der Waals surface area contributed by atoms with Crippen LogP contribution in [0.1, 0.15) is 51.4 Å². The number of hydrogen-bond acceptors (Lipinski definition) is 5. The van der Waals surface area contributed by atoms with Crippen molar-refractivity contribution in [1.82, 2.24) is 15.1 Å². The molecule has 5 aliphatic rings. The molecule has 0 unspecified atom stereocenters. The molecule has 4 heterocycles. The van der Waals surface area contributed by atoms with Crippen LogP contribution in [0, 0.1) is 11.8 Å². The molecule has 1 aromatic rings. The van der Waals surface area contributed by atoms with E-state index in [1.54, 1.807) is 31.4 Å². The predicted octanol–water partition coefficient (Wildman–Crippen LogP) is 3.32. The van der Waals surface area contributed by atoms with E-state index in [1.165, 1.54) is 37.8 Å². The molecule has 8 nitrogen and oxygen atoms in total. The number of amides is 4. The molecule has 4 amide bonds. The highest BCUT2D eigenvalue weighted by atomic mass is 16.5. The highest BCUT2D eigenvalue weighted by molar-refractivity contribution is 6.21. The molecule has 1 aliphatic carbocycles. The van der Waals surface area contributed by atoms with Crippen molar-refractivity contribution >= 4 is 23.5 Å². The van der Waals surface area contributed by atoms with E-state index in [0.717, 1.165) is 30.8 Å². The van der Waals surface area contributed by atoms with Gasteiger partial charge in [-0.3, -0.25) is 14.5 Å². The molecule has 0 radical (unpaired) electrons. The largest absolute Gasteiger partial charge is 0.497 e. The molecule has 1 aromatic carbocycles. The molecule has 6 rings (SSSR count). The number of carbonyl (C=O) groups excluding carboxylic acids is 3. The van der Waals surface area contributed by atoms with E-state index >= 15 is 0 Å². The fraction of sp³-hybridized carbons (Fsp3) is 0.607. The first-order valence-electron chi connectivity index (χ1n) is 13.6.